The Bertz CT molecular complexity index is 630. The van der Waals surface area contributed by atoms with Gasteiger partial charge in [-0.3, -0.25) is 0 Å². The van der Waals surface area contributed by atoms with Gasteiger partial charge in [0.05, 0.1) is 11.6 Å². The number of benzene rings is 2. The van der Waals surface area contributed by atoms with Gasteiger partial charge in [0.15, 0.2) is 0 Å². The van der Waals surface area contributed by atoms with E-state index in [0.29, 0.717) is 6.61 Å². The maximum Gasteiger partial charge on any atom is 0.133 e. The molecule has 0 saturated carbocycles. The first kappa shape index (κ1) is 16.3. The van der Waals surface area contributed by atoms with Gasteiger partial charge in [0.25, 0.3) is 0 Å². The molecule has 0 unspecified atom stereocenters. The van der Waals surface area contributed by atoms with Gasteiger partial charge >= 0.3 is 0 Å². The first-order valence-corrected chi connectivity index (χ1v) is 8.10. The molecule has 1 atom stereocenters. The van der Waals surface area contributed by atoms with Crippen molar-refractivity contribution in [1.82, 2.24) is 0 Å². The highest BCUT2D eigenvalue weighted by atomic mass is 79.9. The van der Waals surface area contributed by atoms with E-state index >= 15 is 0 Å². The third-order valence-electron chi connectivity index (χ3n) is 3.07. The minimum Gasteiger partial charge on any atom is -0.496 e. The van der Waals surface area contributed by atoms with Crippen molar-refractivity contribution in [2.45, 2.75) is 19.6 Å². The summed E-state index contributed by atoms with van der Waals surface area (Å²) in [5.74, 6) is 1.61. The summed E-state index contributed by atoms with van der Waals surface area (Å²) in [6, 6.07) is 11.7. The van der Waals surface area contributed by atoms with Crippen LogP contribution in [0.5, 0.6) is 11.5 Å². The van der Waals surface area contributed by atoms with Crippen LogP contribution in [-0.2, 0) is 6.61 Å². The molecule has 5 heteroatoms. The van der Waals surface area contributed by atoms with Crippen LogP contribution in [0.15, 0.2) is 45.3 Å². The molecule has 0 saturated heterocycles. The van der Waals surface area contributed by atoms with E-state index in [2.05, 4.69) is 31.9 Å². The van der Waals surface area contributed by atoms with Crippen molar-refractivity contribution in [3.05, 3.63) is 56.5 Å². The molecular weight excluding hydrogens is 398 g/mol. The SMILES string of the molecule is COc1ccc(COc2ccc(Br)cc2[C@@H](C)N)cc1Br. The Kier molecular flexibility index (Phi) is 5.67. The highest BCUT2D eigenvalue weighted by Crippen LogP contribution is 2.29. The Morgan fingerprint density at radius 1 is 1.10 bits per heavy atom. The second-order valence-electron chi connectivity index (χ2n) is 4.73. The monoisotopic (exact) mass is 413 g/mol. The first-order valence-electron chi connectivity index (χ1n) is 6.51. The van der Waals surface area contributed by atoms with Gasteiger partial charge in [-0.1, -0.05) is 22.0 Å². The molecule has 2 rings (SSSR count). The maximum absolute atomic E-state index is 5.99. The normalized spacial score (nSPS) is 12.0. The number of hydrogen-bond donors (Lipinski definition) is 1. The van der Waals surface area contributed by atoms with E-state index in [9.17, 15) is 0 Å². The minimum absolute atomic E-state index is 0.0832. The maximum atomic E-state index is 5.99. The molecule has 0 amide bonds. The lowest BCUT2D eigenvalue weighted by atomic mass is 10.1. The van der Waals surface area contributed by atoms with Gasteiger partial charge in [0.2, 0.25) is 0 Å². The van der Waals surface area contributed by atoms with Crippen LogP contribution in [0, 0.1) is 0 Å². The summed E-state index contributed by atoms with van der Waals surface area (Å²) in [5.41, 5.74) is 8.03. The molecule has 112 valence electrons. The third-order valence-corrected chi connectivity index (χ3v) is 4.19. The standard InChI is InChI=1S/C16H17Br2NO2/c1-10(19)13-8-12(17)4-6-15(13)21-9-11-3-5-16(20-2)14(18)7-11/h3-8,10H,9,19H2,1-2H3/t10-/m1/s1. The molecule has 3 nitrogen and oxygen atoms in total. The predicted octanol–water partition coefficient (Wildman–Crippen LogP) is 4.82. The molecule has 0 spiro atoms. The number of halogens is 2. The zero-order valence-electron chi connectivity index (χ0n) is 11.9. The van der Waals surface area contributed by atoms with Crippen molar-refractivity contribution in [3.8, 4) is 11.5 Å². The lowest BCUT2D eigenvalue weighted by molar-refractivity contribution is 0.301. The Morgan fingerprint density at radius 2 is 1.81 bits per heavy atom. The van der Waals surface area contributed by atoms with Crippen LogP contribution in [-0.4, -0.2) is 7.11 Å². The summed E-state index contributed by atoms with van der Waals surface area (Å²) in [6.45, 7) is 2.42. The van der Waals surface area contributed by atoms with Crippen LogP contribution < -0.4 is 15.2 Å². The van der Waals surface area contributed by atoms with Gasteiger partial charge in [-0.2, -0.15) is 0 Å². The quantitative estimate of drug-likeness (QED) is 0.762. The molecule has 0 aromatic heterocycles. The van der Waals surface area contributed by atoms with Gasteiger partial charge in [-0.25, -0.2) is 0 Å². The van der Waals surface area contributed by atoms with E-state index in [0.717, 1.165) is 31.6 Å². The summed E-state index contributed by atoms with van der Waals surface area (Å²) >= 11 is 6.93. The summed E-state index contributed by atoms with van der Waals surface area (Å²) < 4.78 is 13.0. The molecular formula is C16H17Br2NO2. The van der Waals surface area contributed by atoms with Gasteiger partial charge in [-0.15, -0.1) is 0 Å². The molecule has 2 aromatic carbocycles. The topological polar surface area (TPSA) is 44.5 Å². The zero-order chi connectivity index (χ0) is 15.4. The van der Waals surface area contributed by atoms with E-state index < -0.39 is 0 Å². The lowest BCUT2D eigenvalue weighted by Gasteiger charge is -2.15. The summed E-state index contributed by atoms with van der Waals surface area (Å²) in [5, 5.41) is 0. The first-order chi connectivity index (χ1) is 10.0. The van der Waals surface area contributed by atoms with Crippen molar-refractivity contribution >= 4 is 31.9 Å². The van der Waals surface area contributed by atoms with Crippen molar-refractivity contribution in [1.29, 1.82) is 0 Å². The number of hydrogen-bond acceptors (Lipinski definition) is 3. The van der Waals surface area contributed by atoms with Crippen LogP contribution >= 0.6 is 31.9 Å². The second-order valence-corrected chi connectivity index (χ2v) is 6.50. The highest BCUT2D eigenvalue weighted by molar-refractivity contribution is 9.10. The largest absolute Gasteiger partial charge is 0.496 e. The van der Waals surface area contributed by atoms with Crippen LogP contribution in [0.4, 0.5) is 0 Å². The van der Waals surface area contributed by atoms with E-state index in [1.165, 1.54) is 0 Å². The van der Waals surface area contributed by atoms with Gasteiger partial charge in [0.1, 0.15) is 18.1 Å². The molecule has 0 radical (unpaired) electrons. The smallest absolute Gasteiger partial charge is 0.133 e. The summed E-state index contributed by atoms with van der Waals surface area (Å²) in [6.07, 6.45) is 0. The van der Waals surface area contributed by atoms with Gasteiger partial charge in [0, 0.05) is 16.1 Å². The fourth-order valence-electron chi connectivity index (χ4n) is 1.97. The van der Waals surface area contributed by atoms with E-state index in [4.69, 9.17) is 15.2 Å². The summed E-state index contributed by atoms with van der Waals surface area (Å²) in [4.78, 5) is 0. The van der Waals surface area contributed by atoms with E-state index in [-0.39, 0.29) is 6.04 Å². The number of methoxy groups -OCH3 is 1. The predicted molar refractivity (Wildman–Crippen MR) is 91.8 cm³/mol. The minimum atomic E-state index is -0.0832. The molecule has 0 heterocycles. The fourth-order valence-corrected chi connectivity index (χ4v) is 2.93. The number of ether oxygens (including phenoxy) is 2. The molecule has 0 aliphatic heterocycles. The van der Waals surface area contributed by atoms with Crippen LogP contribution in [0.3, 0.4) is 0 Å². The van der Waals surface area contributed by atoms with E-state index in [1.54, 1.807) is 7.11 Å². The Morgan fingerprint density at radius 3 is 2.43 bits per heavy atom. The second kappa shape index (κ2) is 7.29. The van der Waals surface area contributed by atoms with E-state index in [1.807, 2.05) is 43.3 Å². The van der Waals surface area contributed by atoms with Crippen molar-refractivity contribution in [2.24, 2.45) is 5.73 Å². The van der Waals surface area contributed by atoms with Gasteiger partial charge < -0.3 is 15.2 Å². The van der Waals surface area contributed by atoms with Crippen LogP contribution in [0.25, 0.3) is 0 Å². The fraction of sp³-hybridized carbons (Fsp3) is 0.250. The molecule has 21 heavy (non-hydrogen) atoms. The van der Waals surface area contributed by atoms with Crippen molar-refractivity contribution < 1.29 is 9.47 Å². The third kappa shape index (κ3) is 4.22. The summed E-state index contributed by atoms with van der Waals surface area (Å²) in [7, 11) is 1.65. The number of rotatable bonds is 5. The molecule has 2 N–H and O–H groups in total. The van der Waals surface area contributed by atoms with Crippen LogP contribution in [0.2, 0.25) is 0 Å². The van der Waals surface area contributed by atoms with Gasteiger partial charge in [-0.05, 0) is 58.7 Å². The Hall–Kier alpha value is -1.04. The van der Waals surface area contributed by atoms with Crippen molar-refractivity contribution in [3.63, 3.8) is 0 Å². The van der Waals surface area contributed by atoms with Crippen molar-refractivity contribution in [2.75, 3.05) is 7.11 Å². The molecule has 0 aliphatic carbocycles. The average Bonchev–Trinajstić information content (AvgIpc) is 2.46. The molecule has 0 fully saturated rings. The highest BCUT2D eigenvalue weighted by Gasteiger charge is 2.09. The lowest BCUT2D eigenvalue weighted by Crippen LogP contribution is -2.08. The molecule has 0 aliphatic rings. The van der Waals surface area contributed by atoms with Crippen LogP contribution in [0.1, 0.15) is 24.1 Å². The Balaban J connectivity index is 2.15. The average molecular weight is 415 g/mol. The zero-order valence-corrected chi connectivity index (χ0v) is 15.1. The molecule has 0 bridgehead atoms. The Labute approximate surface area is 141 Å². The molecule has 2 aromatic rings. The number of nitrogens with two attached hydrogens (primary N) is 1.